The first-order valence-corrected chi connectivity index (χ1v) is 6.59. The van der Waals surface area contributed by atoms with Crippen molar-refractivity contribution in [2.75, 3.05) is 0 Å². The van der Waals surface area contributed by atoms with E-state index in [0.29, 0.717) is 0 Å². The molecule has 2 aromatic heterocycles. The van der Waals surface area contributed by atoms with Gasteiger partial charge in [0.25, 0.3) is 0 Å². The lowest BCUT2D eigenvalue weighted by Crippen LogP contribution is -1.94. The second-order valence-electron chi connectivity index (χ2n) is 4.49. The smallest absolute Gasteiger partial charge is 0.157 e. The number of pyridine rings is 1. The Bertz CT molecular complexity index is 528. The number of halogens is 1. The number of aromatic nitrogens is 3. The van der Waals surface area contributed by atoms with Gasteiger partial charge in [-0.1, -0.05) is 6.92 Å². The van der Waals surface area contributed by atoms with Gasteiger partial charge in [0.2, 0.25) is 0 Å². The fourth-order valence-corrected chi connectivity index (χ4v) is 2.52. The Morgan fingerprint density at radius 1 is 1.44 bits per heavy atom. The molecule has 1 fully saturated rings. The summed E-state index contributed by atoms with van der Waals surface area (Å²) in [6, 6.07) is 4.33. The van der Waals surface area contributed by atoms with Gasteiger partial charge in [0.15, 0.2) is 11.5 Å². The first-order valence-electron chi connectivity index (χ1n) is 5.80. The van der Waals surface area contributed by atoms with Crippen LogP contribution in [0.4, 0.5) is 0 Å². The van der Waals surface area contributed by atoms with Gasteiger partial charge < -0.3 is 0 Å². The van der Waals surface area contributed by atoms with Gasteiger partial charge in [-0.25, -0.2) is 9.50 Å². The summed E-state index contributed by atoms with van der Waals surface area (Å²) in [6.45, 7) is 2.08. The lowest BCUT2D eigenvalue weighted by Gasteiger charge is -2.02. The van der Waals surface area contributed by atoms with E-state index in [2.05, 4.69) is 45.1 Å². The van der Waals surface area contributed by atoms with Crippen LogP contribution in [-0.2, 0) is 12.8 Å². The molecule has 0 unspecified atom stereocenters. The molecule has 0 N–H and O–H groups in total. The summed E-state index contributed by atoms with van der Waals surface area (Å²) in [6.07, 6.45) is 4.83. The lowest BCUT2D eigenvalue weighted by atomic mass is 10.1. The van der Waals surface area contributed by atoms with Gasteiger partial charge in [-0.15, -0.1) is 0 Å². The van der Waals surface area contributed by atoms with Gasteiger partial charge >= 0.3 is 0 Å². The predicted octanol–water partition coefficient (Wildman–Crippen LogP) is 3.01. The lowest BCUT2D eigenvalue weighted by molar-refractivity contribution is 0.820. The van der Waals surface area contributed by atoms with Gasteiger partial charge in [-0.3, -0.25) is 0 Å². The van der Waals surface area contributed by atoms with E-state index in [4.69, 9.17) is 0 Å². The maximum Gasteiger partial charge on any atom is 0.157 e. The maximum atomic E-state index is 4.50. The summed E-state index contributed by atoms with van der Waals surface area (Å²) in [5.41, 5.74) is 2.33. The third-order valence-electron chi connectivity index (χ3n) is 3.03. The summed E-state index contributed by atoms with van der Waals surface area (Å²) < 4.78 is 2.88. The number of rotatable bonds is 3. The Morgan fingerprint density at radius 2 is 2.25 bits per heavy atom. The molecule has 16 heavy (non-hydrogen) atoms. The van der Waals surface area contributed by atoms with Crippen LogP contribution in [0.25, 0.3) is 5.65 Å². The van der Waals surface area contributed by atoms with Crippen molar-refractivity contribution in [1.82, 2.24) is 14.6 Å². The van der Waals surface area contributed by atoms with Crippen molar-refractivity contribution >= 4 is 21.6 Å². The van der Waals surface area contributed by atoms with Crippen molar-refractivity contribution < 1.29 is 0 Å². The van der Waals surface area contributed by atoms with Crippen molar-refractivity contribution in [3.8, 4) is 0 Å². The van der Waals surface area contributed by atoms with E-state index in [0.717, 1.165) is 28.4 Å². The second kappa shape index (κ2) is 3.84. The molecular formula is C12H14BrN3. The number of hydrogen-bond donors (Lipinski definition) is 0. The number of nitrogens with zero attached hydrogens (tertiary/aromatic N) is 3. The van der Waals surface area contributed by atoms with Crippen molar-refractivity contribution in [1.29, 1.82) is 0 Å². The van der Waals surface area contributed by atoms with Crippen LogP contribution in [-0.4, -0.2) is 14.6 Å². The Hall–Kier alpha value is -0.900. The normalized spacial score (nSPS) is 15.9. The topological polar surface area (TPSA) is 30.2 Å². The summed E-state index contributed by atoms with van der Waals surface area (Å²) in [4.78, 5) is 4.50. The minimum atomic E-state index is 0.881. The van der Waals surface area contributed by atoms with E-state index >= 15 is 0 Å². The van der Waals surface area contributed by atoms with Gasteiger partial charge in [0.05, 0.1) is 0 Å². The molecule has 1 aliphatic rings. The molecular weight excluding hydrogens is 266 g/mol. The van der Waals surface area contributed by atoms with E-state index in [1.807, 2.05) is 4.52 Å². The Morgan fingerprint density at radius 3 is 2.94 bits per heavy atom. The summed E-state index contributed by atoms with van der Waals surface area (Å²) in [7, 11) is 0. The van der Waals surface area contributed by atoms with Crippen LogP contribution in [0.3, 0.4) is 0 Å². The molecule has 2 heterocycles. The minimum absolute atomic E-state index is 0.881. The van der Waals surface area contributed by atoms with Crippen molar-refractivity contribution in [2.45, 2.75) is 32.6 Å². The van der Waals surface area contributed by atoms with E-state index in [1.165, 1.54) is 24.8 Å². The average Bonchev–Trinajstić information content (AvgIpc) is 2.95. The molecule has 84 valence electrons. The monoisotopic (exact) mass is 279 g/mol. The molecule has 1 aliphatic carbocycles. The summed E-state index contributed by atoms with van der Waals surface area (Å²) >= 11 is 3.56. The number of hydrogen-bond acceptors (Lipinski definition) is 2. The van der Waals surface area contributed by atoms with Gasteiger partial charge in [0.1, 0.15) is 4.60 Å². The van der Waals surface area contributed by atoms with Crippen LogP contribution in [0.5, 0.6) is 0 Å². The summed E-state index contributed by atoms with van der Waals surface area (Å²) in [5, 5.41) is 4.43. The average molecular weight is 280 g/mol. The highest BCUT2D eigenvalue weighted by molar-refractivity contribution is 9.10. The largest absolute Gasteiger partial charge is 0.212 e. The van der Waals surface area contributed by atoms with Crippen molar-refractivity contribution in [2.24, 2.45) is 5.92 Å². The minimum Gasteiger partial charge on any atom is -0.212 e. The van der Waals surface area contributed by atoms with Crippen LogP contribution in [0.2, 0.25) is 0 Å². The molecule has 4 heteroatoms. The molecule has 0 bridgehead atoms. The standard InChI is InChI=1S/C12H14BrN3/c1-2-11-14-12-7-9(5-8-3-4-8)6-10(13)16(12)15-11/h6-8H,2-5H2,1H3. The predicted molar refractivity (Wildman–Crippen MR) is 66.5 cm³/mol. The van der Waals surface area contributed by atoms with Crippen molar-refractivity contribution in [3.05, 3.63) is 28.1 Å². The van der Waals surface area contributed by atoms with Crippen LogP contribution < -0.4 is 0 Å². The fraction of sp³-hybridized carbons (Fsp3) is 0.500. The molecule has 0 aromatic carbocycles. The molecule has 0 aliphatic heterocycles. The quantitative estimate of drug-likeness (QED) is 0.809. The third-order valence-corrected chi connectivity index (χ3v) is 3.60. The Balaban J connectivity index is 2.04. The SMILES string of the molecule is CCc1nc2cc(CC3CC3)cc(Br)n2n1. The maximum absolute atomic E-state index is 4.50. The molecule has 0 spiro atoms. The first kappa shape index (κ1) is 10.3. The van der Waals surface area contributed by atoms with Crippen LogP contribution in [0.15, 0.2) is 16.7 Å². The van der Waals surface area contributed by atoms with Crippen molar-refractivity contribution in [3.63, 3.8) is 0 Å². The summed E-state index contributed by atoms with van der Waals surface area (Å²) in [5.74, 6) is 1.81. The molecule has 3 nitrogen and oxygen atoms in total. The second-order valence-corrected chi connectivity index (χ2v) is 5.30. The van der Waals surface area contributed by atoms with Gasteiger partial charge in [0, 0.05) is 6.42 Å². The van der Waals surface area contributed by atoms with Gasteiger partial charge in [-0.2, -0.15) is 5.10 Å². The molecule has 2 aromatic rings. The van der Waals surface area contributed by atoms with Crippen LogP contribution in [0, 0.1) is 5.92 Å². The number of fused-ring (bicyclic) bond motifs is 1. The fourth-order valence-electron chi connectivity index (χ4n) is 1.96. The van der Waals surface area contributed by atoms with E-state index in [1.54, 1.807) is 0 Å². The molecule has 1 saturated carbocycles. The molecule has 0 atom stereocenters. The zero-order valence-corrected chi connectivity index (χ0v) is 10.9. The Kier molecular flexibility index (Phi) is 2.46. The number of aryl methyl sites for hydroxylation is 1. The van der Waals surface area contributed by atoms with E-state index in [-0.39, 0.29) is 0 Å². The van der Waals surface area contributed by atoms with E-state index in [9.17, 15) is 0 Å². The highest BCUT2D eigenvalue weighted by Gasteiger charge is 2.22. The third kappa shape index (κ3) is 1.86. The van der Waals surface area contributed by atoms with Gasteiger partial charge in [-0.05, 0) is 58.8 Å². The van der Waals surface area contributed by atoms with Crippen LogP contribution in [0.1, 0.15) is 31.2 Å². The molecule has 0 radical (unpaired) electrons. The van der Waals surface area contributed by atoms with E-state index < -0.39 is 0 Å². The first-order chi connectivity index (χ1) is 7.76. The Labute approximate surface area is 103 Å². The highest BCUT2D eigenvalue weighted by atomic mass is 79.9. The molecule has 3 rings (SSSR count). The zero-order valence-electron chi connectivity index (χ0n) is 9.28. The highest BCUT2D eigenvalue weighted by Crippen LogP contribution is 2.33. The van der Waals surface area contributed by atoms with Crippen LogP contribution >= 0.6 is 15.9 Å². The molecule has 0 saturated heterocycles. The zero-order chi connectivity index (χ0) is 11.1. The molecule has 0 amide bonds.